The highest BCUT2D eigenvalue weighted by Crippen LogP contribution is 2.30. The molecular formula is C17H29N3O3. The van der Waals surface area contributed by atoms with E-state index in [2.05, 4.69) is 12.2 Å². The third-order valence-electron chi connectivity index (χ3n) is 5.22. The predicted molar refractivity (Wildman–Crippen MR) is 87.6 cm³/mol. The quantitative estimate of drug-likeness (QED) is 0.768. The molecule has 0 radical (unpaired) electrons. The fourth-order valence-electron chi connectivity index (χ4n) is 3.37. The molecule has 1 N–H and O–H groups in total. The lowest BCUT2D eigenvalue weighted by atomic mass is 9.80. The van der Waals surface area contributed by atoms with Gasteiger partial charge in [0.05, 0.1) is 0 Å². The van der Waals surface area contributed by atoms with E-state index >= 15 is 0 Å². The van der Waals surface area contributed by atoms with Crippen LogP contribution in [-0.4, -0.2) is 60.2 Å². The van der Waals surface area contributed by atoms with Crippen molar-refractivity contribution in [3.05, 3.63) is 0 Å². The van der Waals surface area contributed by atoms with Crippen molar-refractivity contribution in [1.82, 2.24) is 15.1 Å². The molecule has 0 aromatic rings. The van der Waals surface area contributed by atoms with Crippen molar-refractivity contribution in [2.75, 3.05) is 26.2 Å². The number of nitrogens with one attached hydrogen (secondary N) is 1. The molecule has 1 saturated heterocycles. The number of rotatable bonds is 5. The molecule has 0 aromatic carbocycles. The van der Waals surface area contributed by atoms with Crippen LogP contribution in [0.4, 0.5) is 0 Å². The molecule has 2 aliphatic rings. The first kappa shape index (κ1) is 17.8. The standard InChI is InChI=1S/C17H29N3O3/c1-3-13(2)18-16(22)14-4-6-15(7-5-14)17(23)20-10-8-19(12-21)9-11-20/h12-15H,3-11H2,1-2H3,(H,18,22). The van der Waals surface area contributed by atoms with E-state index in [0.29, 0.717) is 26.2 Å². The van der Waals surface area contributed by atoms with Gasteiger partial charge in [-0.05, 0) is 39.0 Å². The highest BCUT2D eigenvalue weighted by Gasteiger charge is 2.33. The summed E-state index contributed by atoms with van der Waals surface area (Å²) < 4.78 is 0. The Morgan fingerprint density at radius 3 is 2.17 bits per heavy atom. The van der Waals surface area contributed by atoms with Crippen molar-refractivity contribution in [2.45, 2.75) is 52.0 Å². The zero-order chi connectivity index (χ0) is 16.8. The molecule has 3 amide bonds. The summed E-state index contributed by atoms with van der Waals surface area (Å²) in [6.45, 7) is 6.60. The summed E-state index contributed by atoms with van der Waals surface area (Å²) in [7, 11) is 0. The van der Waals surface area contributed by atoms with Gasteiger partial charge >= 0.3 is 0 Å². The number of carbonyl (C=O) groups excluding carboxylic acids is 3. The number of nitrogens with zero attached hydrogens (tertiary/aromatic N) is 2. The second kappa shape index (κ2) is 8.31. The maximum absolute atomic E-state index is 12.6. The van der Waals surface area contributed by atoms with E-state index in [1.165, 1.54) is 0 Å². The monoisotopic (exact) mass is 323 g/mol. The van der Waals surface area contributed by atoms with Gasteiger partial charge in [0.15, 0.2) is 0 Å². The Labute approximate surface area is 138 Å². The van der Waals surface area contributed by atoms with Gasteiger partial charge < -0.3 is 15.1 Å². The number of hydrogen-bond donors (Lipinski definition) is 1. The molecule has 1 aliphatic carbocycles. The fourth-order valence-corrected chi connectivity index (χ4v) is 3.37. The lowest BCUT2D eigenvalue weighted by molar-refractivity contribution is -0.141. The lowest BCUT2D eigenvalue weighted by Crippen LogP contribution is -2.50. The van der Waals surface area contributed by atoms with Crippen molar-refractivity contribution in [2.24, 2.45) is 11.8 Å². The Bertz CT molecular complexity index is 425. The van der Waals surface area contributed by atoms with Gasteiger partial charge in [-0.1, -0.05) is 6.92 Å². The van der Waals surface area contributed by atoms with Crippen molar-refractivity contribution in [1.29, 1.82) is 0 Å². The van der Waals surface area contributed by atoms with Gasteiger partial charge in [-0.15, -0.1) is 0 Å². The van der Waals surface area contributed by atoms with Crippen molar-refractivity contribution in [3.63, 3.8) is 0 Å². The summed E-state index contributed by atoms with van der Waals surface area (Å²) in [6.07, 6.45) is 4.98. The van der Waals surface area contributed by atoms with Crippen molar-refractivity contribution < 1.29 is 14.4 Å². The summed E-state index contributed by atoms with van der Waals surface area (Å²) in [5, 5.41) is 3.05. The van der Waals surface area contributed by atoms with Crippen LogP contribution in [0.3, 0.4) is 0 Å². The predicted octanol–water partition coefficient (Wildman–Crippen LogP) is 1.01. The minimum atomic E-state index is 0.0467. The van der Waals surface area contributed by atoms with Crippen LogP contribution in [0.25, 0.3) is 0 Å². The molecule has 2 fully saturated rings. The average molecular weight is 323 g/mol. The first-order valence-corrected chi connectivity index (χ1v) is 8.83. The molecule has 0 bridgehead atoms. The van der Waals surface area contributed by atoms with E-state index in [9.17, 15) is 14.4 Å². The number of hydrogen-bond acceptors (Lipinski definition) is 3. The van der Waals surface area contributed by atoms with Crippen LogP contribution in [0.5, 0.6) is 0 Å². The normalized spacial score (nSPS) is 26.5. The molecule has 6 nitrogen and oxygen atoms in total. The zero-order valence-electron chi connectivity index (χ0n) is 14.3. The molecule has 0 aromatic heterocycles. The third-order valence-corrected chi connectivity index (χ3v) is 5.22. The first-order valence-electron chi connectivity index (χ1n) is 8.83. The van der Waals surface area contributed by atoms with Crippen LogP contribution < -0.4 is 5.32 Å². The van der Waals surface area contributed by atoms with Gasteiger partial charge in [0.2, 0.25) is 18.2 Å². The molecule has 1 heterocycles. The van der Waals surface area contributed by atoms with Crippen molar-refractivity contribution >= 4 is 18.2 Å². The van der Waals surface area contributed by atoms with E-state index in [1.807, 2.05) is 11.8 Å². The first-order chi connectivity index (χ1) is 11.0. The van der Waals surface area contributed by atoms with Gasteiger partial charge in [0.1, 0.15) is 0 Å². The highest BCUT2D eigenvalue weighted by atomic mass is 16.2. The Kier molecular flexibility index (Phi) is 6.42. The Hall–Kier alpha value is -1.59. The van der Waals surface area contributed by atoms with Crippen LogP contribution >= 0.6 is 0 Å². The van der Waals surface area contributed by atoms with E-state index < -0.39 is 0 Å². The molecule has 1 unspecified atom stereocenters. The SMILES string of the molecule is CCC(C)NC(=O)C1CCC(C(=O)N2CCN(C=O)CC2)CC1. The number of piperazine rings is 1. The second-order valence-electron chi connectivity index (χ2n) is 6.83. The Balaban J connectivity index is 1.76. The minimum Gasteiger partial charge on any atom is -0.353 e. The summed E-state index contributed by atoms with van der Waals surface area (Å²) in [5.41, 5.74) is 0. The smallest absolute Gasteiger partial charge is 0.225 e. The highest BCUT2D eigenvalue weighted by molar-refractivity contribution is 5.81. The van der Waals surface area contributed by atoms with Gasteiger partial charge in [-0.2, -0.15) is 0 Å². The van der Waals surface area contributed by atoms with Gasteiger partial charge in [0.25, 0.3) is 0 Å². The Morgan fingerprint density at radius 2 is 1.65 bits per heavy atom. The molecule has 2 rings (SSSR count). The molecule has 0 spiro atoms. The van der Waals surface area contributed by atoms with Gasteiger partial charge in [-0.3, -0.25) is 14.4 Å². The van der Waals surface area contributed by atoms with E-state index in [0.717, 1.165) is 38.5 Å². The molecule has 6 heteroatoms. The van der Waals surface area contributed by atoms with Crippen LogP contribution in [-0.2, 0) is 14.4 Å². The lowest BCUT2D eigenvalue weighted by Gasteiger charge is -2.36. The number of amides is 3. The number of carbonyl (C=O) groups is 3. The van der Waals surface area contributed by atoms with Crippen LogP contribution in [0.1, 0.15) is 46.0 Å². The molecule has 1 atom stereocenters. The summed E-state index contributed by atoms with van der Waals surface area (Å²) in [5.74, 6) is 0.451. The largest absolute Gasteiger partial charge is 0.353 e. The zero-order valence-corrected chi connectivity index (χ0v) is 14.3. The van der Waals surface area contributed by atoms with Crippen LogP contribution in [0.2, 0.25) is 0 Å². The molecule has 1 saturated carbocycles. The molecular weight excluding hydrogens is 294 g/mol. The third kappa shape index (κ3) is 4.69. The molecule has 130 valence electrons. The topological polar surface area (TPSA) is 69.7 Å². The van der Waals surface area contributed by atoms with Gasteiger partial charge in [-0.25, -0.2) is 0 Å². The molecule has 23 heavy (non-hydrogen) atoms. The van der Waals surface area contributed by atoms with Crippen LogP contribution in [0, 0.1) is 11.8 Å². The molecule has 1 aliphatic heterocycles. The van der Waals surface area contributed by atoms with E-state index in [1.54, 1.807) is 4.90 Å². The summed E-state index contributed by atoms with van der Waals surface area (Å²) in [4.78, 5) is 39.0. The summed E-state index contributed by atoms with van der Waals surface area (Å²) in [6, 6.07) is 0.218. The van der Waals surface area contributed by atoms with E-state index in [-0.39, 0.29) is 29.7 Å². The minimum absolute atomic E-state index is 0.0467. The average Bonchev–Trinajstić information content (AvgIpc) is 2.61. The van der Waals surface area contributed by atoms with E-state index in [4.69, 9.17) is 0 Å². The second-order valence-corrected chi connectivity index (χ2v) is 6.83. The maximum atomic E-state index is 12.6. The fraction of sp³-hybridized carbons (Fsp3) is 0.824. The Morgan fingerprint density at radius 1 is 1.09 bits per heavy atom. The van der Waals surface area contributed by atoms with Crippen LogP contribution in [0.15, 0.2) is 0 Å². The van der Waals surface area contributed by atoms with Gasteiger partial charge in [0, 0.05) is 44.1 Å². The van der Waals surface area contributed by atoms with Crippen molar-refractivity contribution in [3.8, 4) is 0 Å². The summed E-state index contributed by atoms with van der Waals surface area (Å²) >= 11 is 0. The maximum Gasteiger partial charge on any atom is 0.225 e.